The van der Waals surface area contributed by atoms with Gasteiger partial charge in [0.2, 0.25) is 0 Å². The molecule has 0 saturated carbocycles. The topological polar surface area (TPSA) is 70.7 Å². The summed E-state index contributed by atoms with van der Waals surface area (Å²) in [5, 5.41) is 0. The minimum Gasteiger partial charge on any atom is -0.406 e. The molecule has 0 fully saturated rings. The second-order valence-corrected chi connectivity index (χ2v) is 5.92. The normalized spacial score (nSPS) is 11.9. The number of imidazole rings is 2. The summed E-state index contributed by atoms with van der Waals surface area (Å²) in [6.07, 6.45) is 1.93. The van der Waals surface area contributed by atoms with Crippen molar-refractivity contribution in [3.05, 3.63) is 54.9 Å². The van der Waals surface area contributed by atoms with E-state index in [0.717, 1.165) is 5.52 Å². The van der Waals surface area contributed by atoms with E-state index in [9.17, 15) is 13.2 Å². The molecule has 0 spiro atoms. The molecule has 0 aliphatic carbocycles. The van der Waals surface area contributed by atoms with Crippen molar-refractivity contribution in [2.24, 2.45) is 0 Å². The summed E-state index contributed by atoms with van der Waals surface area (Å²) in [4.78, 5) is 17.2. The number of rotatable bonds is 5. The van der Waals surface area contributed by atoms with Crippen LogP contribution in [-0.4, -0.2) is 35.4 Å². The first-order valence-electron chi connectivity index (χ1n) is 8.48. The number of nitrogens with zero attached hydrogens (tertiary/aromatic N) is 6. The molecule has 144 valence electrons. The first kappa shape index (κ1) is 18.0. The Morgan fingerprint density at radius 3 is 2.57 bits per heavy atom. The molecule has 3 heterocycles. The number of benzene rings is 1. The first-order chi connectivity index (χ1) is 13.4. The molecular formula is C18H15F3N6O. The maximum Gasteiger partial charge on any atom is 0.573 e. The van der Waals surface area contributed by atoms with E-state index in [1.54, 1.807) is 36.9 Å². The average molecular weight is 388 g/mol. The van der Waals surface area contributed by atoms with Crippen LogP contribution < -0.4 is 4.74 Å². The maximum absolute atomic E-state index is 12.5. The molecule has 0 aliphatic rings. The largest absolute Gasteiger partial charge is 0.573 e. The van der Waals surface area contributed by atoms with Gasteiger partial charge in [-0.3, -0.25) is 0 Å². The molecule has 0 saturated heterocycles. The smallest absolute Gasteiger partial charge is 0.406 e. The third-order valence-electron chi connectivity index (χ3n) is 4.14. The zero-order valence-electron chi connectivity index (χ0n) is 14.8. The van der Waals surface area contributed by atoms with E-state index >= 15 is 0 Å². The summed E-state index contributed by atoms with van der Waals surface area (Å²) in [5.41, 5.74) is 1.15. The van der Waals surface area contributed by atoms with Crippen LogP contribution in [0.1, 0.15) is 12.7 Å². The van der Waals surface area contributed by atoms with E-state index in [2.05, 4.69) is 24.7 Å². The molecule has 0 atom stereocenters. The van der Waals surface area contributed by atoms with Gasteiger partial charge in [0, 0.05) is 37.4 Å². The monoisotopic (exact) mass is 388 g/mol. The van der Waals surface area contributed by atoms with Crippen LogP contribution in [0.4, 0.5) is 13.2 Å². The fraction of sp³-hybridized carbons (Fsp3) is 0.222. The van der Waals surface area contributed by atoms with Gasteiger partial charge in [-0.15, -0.1) is 13.2 Å². The molecule has 0 amide bonds. The lowest BCUT2D eigenvalue weighted by Gasteiger charge is -2.10. The third kappa shape index (κ3) is 3.53. The van der Waals surface area contributed by atoms with Gasteiger partial charge < -0.3 is 13.9 Å². The van der Waals surface area contributed by atoms with Crippen molar-refractivity contribution in [1.82, 2.24) is 29.1 Å². The molecule has 3 aromatic heterocycles. The van der Waals surface area contributed by atoms with Crippen LogP contribution in [0.5, 0.6) is 5.75 Å². The lowest BCUT2D eigenvalue weighted by atomic mass is 10.3. The van der Waals surface area contributed by atoms with E-state index in [1.807, 2.05) is 16.1 Å². The minimum atomic E-state index is -4.74. The zero-order chi connectivity index (χ0) is 19.7. The summed E-state index contributed by atoms with van der Waals surface area (Å²) in [6, 6.07) is 5.86. The lowest BCUT2D eigenvalue weighted by molar-refractivity contribution is -0.274. The van der Waals surface area contributed by atoms with Crippen molar-refractivity contribution >= 4 is 11.0 Å². The second kappa shape index (κ2) is 6.95. The minimum absolute atomic E-state index is 0.298. The van der Waals surface area contributed by atoms with Crippen molar-refractivity contribution in [1.29, 1.82) is 0 Å². The number of ether oxygens (including phenoxy) is 1. The Morgan fingerprint density at radius 1 is 1.07 bits per heavy atom. The van der Waals surface area contributed by atoms with E-state index in [1.165, 1.54) is 12.1 Å². The summed E-state index contributed by atoms with van der Waals surface area (Å²) in [6.45, 7) is 2.92. The van der Waals surface area contributed by atoms with Crippen LogP contribution in [0.15, 0.2) is 49.1 Å². The van der Waals surface area contributed by atoms with Gasteiger partial charge in [0.1, 0.15) is 11.6 Å². The van der Waals surface area contributed by atoms with Gasteiger partial charge in [-0.25, -0.2) is 19.9 Å². The highest BCUT2D eigenvalue weighted by atomic mass is 19.4. The van der Waals surface area contributed by atoms with Crippen molar-refractivity contribution in [3.63, 3.8) is 0 Å². The number of hydrogen-bond donors (Lipinski definition) is 0. The Balaban J connectivity index is 1.71. The molecule has 4 rings (SSSR count). The standard InChI is InChI=1S/C18H15F3N6O/c1-2-27-14-5-4-12(28-18(19,20)21)10-13(14)25-15(27)11-26-9-8-24-17(26)16-22-6-3-7-23-16/h3-10H,2,11H2,1H3. The highest BCUT2D eigenvalue weighted by molar-refractivity contribution is 5.77. The summed E-state index contributed by atoms with van der Waals surface area (Å²) in [7, 11) is 0. The van der Waals surface area contributed by atoms with Crippen molar-refractivity contribution in [2.45, 2.75) is 26.4 Å². The molecule has 0 radical (unpaired) electrons. The summed E-state index contributed by atoms with van der Waals surface area (Å²) >= 11 is 0. The zero-order valence-corrected chi connectivity index (χ0v) is 14.8. The van der Waals surface area contributed by atoms with Crippen molar-refractivity contribution in [3.8, 4) is 17.4 Å². The quantitative estimate of drug-likeness (QED) is 0.522. The second-order valence-electron chi connectivity index (χ2n) is 5.92. The van der Waals surface area contributed by atoms with E-state index < -0.39 is 6.36 Å². The van der Waals surface area contributed by atoms with Crippen LogP contribution in [0.2, 0.25) is 0 Å². The van der Waals surface area contributed by atoms with Crippen LogP contribution >= 0.6 is 0 Å². The van der Waals surface area contributed by atoms with Crippen LogP contribution in [0.3, 0.4) is 0 Å². The van der Waals surface area contributed by atoms with Crippen LogP contribution in [-0.2, 0) is 13.1 Å². The van der Waals surface area contributed by atoms with Crippen molar-refractivity contribution < 1.29 is 17.9 Å². The maximum atomic E-state index is 12.5. The molecule has 0 bridgehead atoms. The number of halogens is 3. The Labute approximate surface area is 157 Å². The first-order valence-corrected chi connectivity index (χ1v) is 8.48. The van der Waals surface area contributed by atoms with Crippen molar-refractivity contribution in [2.75, 3.05) is 0 Å². The molecule has 4 aromatic rings. The molecule has 28 heavy (non-hydrogen) atoms. The highest BCUT2D eigenvalue weighted by Gasteiger charge is 2.31. The van der Waals surface area contributed by atoms with E-state index in [0.29, 0.717) is 36.1 Å². The predicted octanol–water partition coefficient (Wildman–Crippen LogP) is 3.66. The number of alkyl halides is 3. The molecule has 0 unspecified atom stereocenters. The van der Waals surface area contributed by atoms with Gasteiger partial charge >= 0.3 is 6.36 Å². The highest BCUT2D eigenvalue weighted by Crippen LogP contribution is 2.27. The molecule has 0 N–H and O–H groups in total. The predicted molar refractivity (Wildman–Crippen MR) is 94.4 cm³/mol. The SMILES string of the molecule is CCn1c(Cn2ccnc2-c2ncccn2)nc2cc(OC(F)(F)F)ccc21. The van der Waals surface area contributed by atoms with E-state index in [-0.39, 0.29) is 5.75 Å². The fourth-order valence-corrected chi connectivity index (χ4v) is 3.04. The Bertz CT molecular complexity index is 1100. The number of aryl methyl sites for hydroxylation is 1. The Kier molecular flexibility index (Phi) is 4.46. The molecule has 1 aromatic carbocycles. The van der Waals surface area contributed by atoms with Gasteiger partial charge in [-0.2, -0.15) is 0 Å². The average Bonchev–Trinajstić information content (AvgIpc) is 3.25. The number of hydrogen-bond acceptors (Lipinski definition) is 5. The van der Waals surface area contributed by atoms with Gasteiger partial charge in [0.05, 0.1) is 17.6 Å². The molecular weight excluding hydrogens is 373 g/mol. The number of aromatic nitrogens is 6. The van der Waals surface area contributed by atoms with Gasteiger partial charge in [-0.1, -0.05) is 0 Å². The fourth-order valence-electron chi connectivity index (χ4n) is 3.04. The molecule has 10 heteroatoms. The third-order valence-corrected chi connectivity index (χ3v) is 4.14. The Hall–Kier alpha value is -3.43. The van der Waals surface area contributed by atoms with Gasteiger partial charge in [0.25, 0.3) is 0 Å². The van der Waals surface area contributed by atoms with E-state index in [4.69, 9.17) is 0 Å². The van der Waals surface area contributed by atoms with Gasteiger partial charge in [0.15, 0.2) is 11.6 Å². The van der Waals surface area contributed by atoms with Crippen LogP contribution in [0, 0.1) is 0 Å². The molecule has 0 aliphatic heterocycles. The summed E-state index contributed by atoms with van der Waals surface area (Å²) < 4.78 is 45.2. The van der Waals surface area contributed by atoms with Gasteiger partial charge in [-0.05, 0) is 25.1 Å². The lowest BCUT2D eigenvalue weighted by Crippen LogP contribution is -2.17. The van der Waals surface area contributed by atoms with Crippen LogP contribution in [0.25, 0.3) is 22.7 Å². The molecule has 7 nitrogen and oxygen atoms in total. The summed E-state index contributed by atoms with van der Waals surface area (Å²) in [5.74, 6) is 1.44. The Morgan fingerprint density at radius 2 is 1.86 bits per heavy atom. The number of fused-ring (bicyclic) bond motifs is 1.